The zero-order valence-corrected chi connectivity index (χ0v) is 18.4. The van der Waals surface area contributed by atoms with Crippen LogP contribution in [0.15, 0.2) is 85.8 Å². The summed E-state index contributed by atoms with van der Waals surface area (Å²) in [4.78, 5) is 26.7. The summed E-state index contributed by atoms with van der Waals surface area (Å²) in [6.07, 6.45) is 3.22. The Labute approximate surface area is 194 Å². The van der Waals surface area contributed by atoms with Crippen molar-refractivity contribution in [2.75, 3.05) is 31.1 Å². The summed E-state index contributed by atoms with van der Waals surface area (Å²) in [5.74, 6) is 1.07. The number of benzene rings is 1. The molecule has 5 rings (SSSR count). The molecule has 0 atom stereocenters. The number of amides is 1. The van der Waals surface area contributed by atoms with Crippen LogP contribution in [-0.2, 0) is 0 Å². The quantitative estimate of drug-likeness (QED) is 0.437. The third-order valence-electron chi connectivity index (χ3n) is 5.26. The molecule has 1 amide bonds. The number of furan rings is 1. The van der Waals surface area contributed by atoms with E-state index in [4.69, 9.17) is 8.83 Å². The van der Waals surface area contributed by atoms with Gasteiger partial charge in [0.05, 0.1) is 11.8 Å². The van der Waals surface area contributed by atoms with Gasteiger partial charge in [0.1, 0.15) is 11.1 Å². The number of hydrogen-bond donors (Lipinski definition) is 0. The molecule has 164 valence electrons. The first-order chi connectivity index (χ1) is 16.2. The van der Waals surface area contributed by atoms with E-state index in [-0.39, 0.29) is 17.5 Å². The second kappa shape index (κ2) is 9.22. The molecule has 4 heterocycles. The lowest BCUT2D eigenvalue weighted by molar-refractivity contribution is 0.0741. The normalized spacial score (nSPS) is 13.7. The summed E-state index contributed by atoms with van der Waals surface area (Å²) in [6.45, 7) is 2.03. The Morgan fingerprint density at radius 1 is 1.03 bits per heavy atom. The molecule has 0 spiro atoms. The first kappa shape index (κ1) is 20.8. The Hall–Kier alpha value is -4.03. The number of hydrogen-bond acceptors (Lipinski definition) is 8. The molecule has 33 heavy (non-hydrogen) atoms. The fraction of sp³-hybridized carbons (Fsp3) is 0.167. The molecule has 1 aliphatic heterocycles. The van der Waals surface area contributed by atoms with Gasteiger partial charge in [0, 0.05) is 37.3 Å². The molecular formula is C24H19N5O3S. The molecule has 0 N–H and O–H groups in total. The van der Waals surface area contributed by atoms with Crippen LogP contribution in [0.25, 0.3) is 11.7 Å². The highest BCUT2D eigenvalue weighted by atomic mass is 32.2. The fourth-order valence-electron chi connectivity index (χ4n) is 3.62. The molecule has 3 aromatic heterocycles. The fourth-order valence-corrected chi connectivity index (χ4v) is 4.52. The molecule has 1 fully saturated rings. The average Bonchev–Trinajstić information content (AvgIpc) is 3.55. The number of carbonyl (C=O) groups is 1. The van der Waals surface area contributed by atoms with Crippen molar-refractivity contribution in [2.24, 2.45) is 0 Å². The van der Waals surface area contributed by atoms with E-state index < -0.39 is 0 Å². The van der Waals surface area contributed by atoms with Crippen molar-refractivity contribution in [1.82, 2.24) is 14.9 Å². The van der Waals surface area contributed by atoms with Crippen molar-refractivity contribution in [3.05, 3.63) is 78.3 Å². The van der Waals surface area contributed by atoms with Crippen molar-refractivity contribution in [2.45, 2.75) is 9.92 Å². The summed E-state index contributed by atoms with van der Waals surface area (Å²) in [5.41, 5.74) is 0.785. The maximum Gasteiger partial charge on any atom is 0.266 e. The topological polar surface area (TPSA) is 99.4 Å². The van der Waals surface area contributed by atoms with Crippen molar-refractivity contribution < 1.29 is 13.6 Å². The molecule has 0 aliphatic carbocycles. The van der Waals surface area contributed by atoms with Crippen molar-refractivity contribution in [1.29, 1.82) is 5.26 Å². The number of nitriles is 1. The van der Waals surface area contributed by atoms with E-state index in [2.05, 4.69) is 16.0 Å². The first-order valence-corrected chi connectivity index (χ1v) is 11.2. The smallest absolute Gasteiger partial charge is 0.266 e. The van der Waals surface area contributed by atoms with E-state index in [1.165, 1.54) is 18.0 Å². The molecule has 0 bridgehead atoms. The summed E-state index contributed by atoms with van der Waals surface area (Å²) >= 11 is 1.47. The van der Waals surface area contributed by atoms with Gasteiger partial charge in [0.2, 0.25) is 11.6 Å². The number of carbonyl (C=O) groups excluding carboxylic acids is 1. The number of pyridine rings is 1. The third-order valence-corrected chi connectivity index (χ3v) is 6.29. The van der Waals surface area contributed by atoms with E-state index in [0.29, 0.717) is 48.4 Å². The molecule has 1 aromatic carbocycles. The molecule has 8 nitrogen and oxygen atoms in total. The SMILES string of the molecule is N#Cc1nc(-c2ccco2)oc1N1CCN(C(=O)c2cccnc2Sc2ccccc2)CC1. The lowest BCUT2D eigenvalue weighted by atomic mass is 10.2. The molecule has 0 unspecified atom stereocenters. The minimum atomic E-state index is -0.0597. The number of oxazole rings is 1. The Morgan fingerprint density at radius 2 is 1.85 bits per heavy atom. The van der Waals surface area contributed by atoms with Crippen LogP contribution in [0.2, 0.25) is 0 Å². The van der Waals surface area contributed by atoms with Gasteiger partial charge in [0.15, 0.2) is 5.76 Å². The van der Waals surface area contributed by atoms with Crippen LogP contribution < -0.4 is 4.90 Å². The Morgan fingerprint density at radius 3 is 2.58 bits per heavy atom. The van der Waals surface area contributed by atoms with Gasteiger partial charge in [-0.3, -0.25) is 4.79 Å². The maximum absolute atomic E-state index is 13.3. The molecule has 0 saturated carbocycles. The van der Waals surface area contributed by atoms with Crippen molar-refractivity contribution in [3.8, 4) is 17.7 Å². The van der Waals surface area contributed by atoms with Gasteiger partial charge in [-0.2, -0.15) is 10.2 Å². The summed E-state index contributed by atoms with van der Waals surface area (Å²) in [5, 5.41) is 10.2. The first-order valence-electron chi connectivity index (χ1n) is 10.4. The van der Waals surface area contributed by atoms with Crippen LogP contribution in [0.3, 0.4) is 0 Å². The second-order valence-electron chi connectivity index (χ2n) is 7.31. The van der Waals surface area contributed by atoms with E-state index >= 15 is 0 Å². The predicted molar refractivity (Wildman–Crippen MR) is 122 cm³/mol. The van der Waals surface area contributed by atoms with Gasteiger partial charge in [-0.05, 0) is 36.4 Å². The van der Waals surface area contributed by atoms with Crippen molar-refractivity contribution >= 4 is 23.6 Å². The van der Waals surface area contributed by atoms with Gasteiger partial charge in [-0.15, -0.1) is 0 Å². The number of anilines is 1. The highest BCUT2D eigenvalue weighted by molar-refractivity contribution is 7.99. The highest BCUT2D eigenvalue weighted by Crippen LogP contribution is 2.31. The van der Waals surface area contributed by atoms with Crippen LogP contribution in [0, 0.1) is 11.3 Å². The Kier molecular flexibility index (Phi) is 5.83. The van der Waals surface area contributed by atoms with E-state index in [1.807, 2.05) is 41.3 Å². The summed E-state index contributed by atoms with van der Waals surface area (Å²) in [7, 11) is 0. The molecular weight excluding hydrogens is 438 g/mol. The van der Waals surface area contributed by atoms with Crippen molar-refractivity contribution in [3.63, 3.8) is 0 Å². The Bertz CT molecular complexity index is 1290. The van der Waals surface area contributed by atoms with Gasteiger partial charge < -0.3 is 18.6 Å². The minimum absolute atomic E-state index is 0.0597. The van der Waals surface area contributed by atoms with Gasteiger partial charge >= 0.3 is 0 Å². The van der Waals surface area contributed by atoms with E-state index in [9.17, 15) is 10.1 Å². The molecule has 9 heteroatoms. The zero-order valence-electron chi connectivity index (χ0n) is 17.5. The second-order valence-corrected chi connectivity index (χ2v) is 8.37. The maximum atomic E-state index is 13.3. The van der Waals surface area contributed by atoms with Crippen LogP contribution >= 0.6 is 11.8 Å². The molecule has 1 aliphatic rings. The van der Waals surface area contributed by atoms with Gasteiger partial charge in [0.25, 0.3) is 11.8 Å². The largest absolute Gasteiger partial charge is 0.459 e. The monoisotopic (exact) mass is 457 g/mol. The van der Waals surface area contributed by atoms with Gasteiger partial charge in [-0.1, -0.05) is 30.0 Å². The van der Waals surface area contributed by atoms with Crippen LogP contribution in [-0.4, -0.2) is 47.0 Å². The lowest BCUT2D eigenvalue weighted by Crippen LogP contribution is -2.49. The highest BCUT2D eigenvalue weighted by Gasteiger charge is 2.28. The lowest BCUT2D eigenvalue weighted by Gasteiger charge is -2.34. The predicted octanol–water partition coefficient (Wildman–Crippen LogP) is 4.31. The average molecular weight is 458 g/mol. The molecule has 1 saturated heterocycles. The van der Waals surface area contributed by atoms with Crippen LogP contribution in [0.4, 0.5) is 5.88 Å². The molecule has 0 radical (unpaired) electrons. The van der Waals surface area contributed by atoms with Crippen LogP contribution in [0.1, 0.15) is 16.1 Å². The van der Waals surface area contributed by atoms with E-state index in [0.717, 1.165) is 4.90 Å². The Balaban J connectivity index is 1.30. The zero-order chi connectivity index (χ0) is 22.6. The van der Waals surface area contributed by atoms with E-state index in [1.54, 1.807) is 29.3 Å². The van der Waals surface area contributed by atoms with Crippen LogP contribution in [0.5, 0.6) is 0 Å². The number of rotatable bonds is 5. The summed E-state index contributed by atoms with van der Waals surface area (Å²) < 4.78 is 11.2. The number of nitrogens with zero attached hydrogens (tertiary/aromatic N) is 5. The molecule has 4 aromatic rings. The van der Waals surface area contributed by atoms with Gasteiger partial charge in [-0.25, -0.2) is 4.98 Å². The third kappa shape index (κ3) is 4.33. The number of aromatic nitrogens is 2. The number of piperazine rings is 1. The minimum Gasteiger partial charge on any atom is -0.459 e. The summed E-state index contributed by atoms with van der Waals surface area (Å²) in [6, 6.07) is 19.0. The standard InChI is InChI=1S/C24H19N5O3S/c25-16-19-24(32-21(27-19)20-9-5-15-31-20)29-13-11-28(12-14-29)23(30)18-8-4-10-26-22(18)33-17-6-2-1-3-7-17/h1-10,15H,11-14H2.